The lowest BCUT2D eigenvalue weighted by molar-refractivity contribution is 0.0614. The molecule has 2 bridgehead atoms. The van der Waals surface area contributed by atoms with Crippen molar-refractivity contribution in [3.63, 3.8) is 0 Å². The second kappa shape index (κ2) is 6.81. The first kappa shape index (κ1) is 16.0. The van der Waals surface area contributed by atoms with E-state index in [4.69, 9.17) is 4.74 Å². The number of hydrogen-bond donors (Lipinski definition) is 0. The van der Waals surface area contributed by atoms with Gasteiger partial charge in [-0.15, -0.1) is 0 Å². The van der Waals surface area contributed by atoms with Crippen LogP contribution in [0.25, 0.3) is 0 Å². The molecule has 1 fully saturated rings. The van der Waals surface area contributed by atoms with Gasteiger partial charge in [-0.3, -0.25) is 0 Å². The average molecular weight is 346 g/mol. The molecular weight excluding hydrogens is 328 g/mol. The summed E-state index contributed by atoms with van der Waals surface area (Å²) in [5, 5.41) is 0. The lowest BCUT2D eigenvalue weighted by Gasteiger charge is -2.22. The van der Waals surface area contributed by atoms with Crippen molar-refractivity contribution in [2.24, 2.45) is 11.8 Å². The van der Waals surface area contributed by atoms with Gasteiger partial charge in [0.05, 0.1) is 24.0 Å². The largest absolute Gasteiger partial charge is 0.363 e. The van der Waals surface area contributed by atoms with E-state index in [1.54, 1.807) is 0 Å². The Morgan fingerprint density at radius 1 is 0.519 bits per heavy atom. The molecule has 0 N–H and O–H groups in total. The van der Waals surface area contributed by atoms with Crippen LogP contribution in [0.1, 0.15) is 34.5 Å². The Hall–Kier alpha value is -3.26. The molecule has 3 aromatic carbocycles. The highest BCUT2D eigenvalue weighted by atomic mass is 16.5. The third kappa shape index (κ3) is 2.93. The van der Waals surface area contributed by atoms with Gasteiger partial charge < -0.3 is 4.74 Å². The van der Waals surface area contributed by atoms with E-state index in [9.17, 15) is 0 Å². The normalized spacial score (nSPS) is 24.3. The van der Waals surface area contributed by atoms with Crippen LogP contribution in [0.3, 0.4) is 0 Å². The lowest BCUT2D eigenvalue weighted by atomic mass is 9.76. The molecule has 128 valence electrons. The first-order valence-corrected chi connectivity index (χ1v) is 9.27. The van der Waals surface area contributed by atoms with E-state index in [1.165, 1.54) is 11.1 Å². The molecule has 0 spiro atoms. The molecule has 0 unspecified atom stereocenters. The molecule has 4 atom stereocenters. The standard InChI is InChI=1S/C26H18O/c1-3-9-19(10-4-1)15-17-23-24(18-16-20-11-5-2-6-12-20)26-22-14-8-7-13-21(22)25(23)27-26/h1-14,23-26H/t23-,24+,25+,26-. The smallest absolute Gasteiger partial charge is 0.0988 e. The Bertz CT molecular complexity index is 988. The zero-order valence-electron chi connectivity index (χ0n) is 14.8. The van der Waals surface area contributed by atoms with E-state index in [1.807, 2.05) is 60.7 Å². The topological polar surface area (TPSA) is 9.23 Å². The predicted molar refractivity (Wildman–Crippen MR) is 107 cm³/mol. The van der Waals surface area contributed by atoms with Gasteiger partial charge >= 0.3 is 0 Å². The van der Waals surface area contributed by atoms with Crippen molar-refractivity contribution < 1.29 is 4.74 Å². The van der Waals surface area contributed by atoms with Gasteiger partial charge in [0.25, 0.3) is 0 Å². The first-order valence-electron chi connectivity index (χ1n) is 9.27. The molecule has 2 heterocycles. The zero-order chi connectivity index (χ0) is 18.1. The summed E-state index contributed by atoms with van der Waals surface area (Å²) < 4.78 is 6.34. The summed E-state index contributed by atoms with van der Waals surface area (Å²) in [5.74, 6) is 13.8. The monoisotopic (exact) mass is 346 g/mol. The molecule has 5 rings (SSSR count). The molecule has 2 aliphatic rings. The molecule has 27 heavy (non-hydrogen) atoms. The average Bonchev–Trinajstić information content (AvgIpc) is 3.29. The van der Waals surface area contributed by atoms with Gasteiger partial charge in [-0.2, -0.15) is 0 Å². The fourth-order valence-corrected chi connectivity index (χ4v) is 3.97. The maximum atomic E-state index is 6.34. The summed E-state index contributed by atoms with van der Waals surface area (Å²) in [6.07, 6.45) is 0.0231. The lowest BCUT2D eigenvalue weighted by Crippen LogP contribution is -2.19. The SMILES string of the molecule is C(#C[C@@H]1[C@H](C#Cc2ccccc2)[C@@H]2O[C@H]1c1ccccc12)c1ccccc1. The molecular formula is C26H18O. The second-order valence-corrected chi connectivity index (χ2v) is 6.93. The van der Waals surface area contributed by atoms with Gasteiger partial charge in [-0.05, 0) is 35.4 Å². The van der Waals surface area contributed by atoms with Gasteiger partial charge in [0, 0.05) is 11.1 Å². The minimum Gasteiger partial charge on any atom is -0.363 e. The summed E-state index contributed by atoms with van der Waals surface area (Å²) in [6, 6.07) is 28.7. The van der Waals surface area contributed by atoms with Crippen molar-refractivity contribution in [3.05, 3.63) is 107 Å². The predicted octanol–water partition coefficient (Wildman–Crippen LogP) is 5.15. The Kier molecular flexibility index (Phi) is 4.02. The number of rotatable bonds is 0. The van der Waals surface area contributed by atoms with Gasteiger partial charge in [0.1, 0.15) is 0 Å². The molecule has 1 nitrogen and oxygen atoms in total. The van der Waals surface area contributed by atoms with Crippen LogP contribution in [0.15, 0.2) is 84.9 Å². The van der Waals surface area contributed by atoms with Crippen LogP contribution in [0, 0.1) is 35.5 Å². The van der Waals surface area contributed by atoms with Crippen LogP contribution in [0.2, 0.25) is 0 Å². The van der Waals surface area contributed by atoms with E-state index in [-0.39, 0.29) is 24.0 Å². The summed E-state index contributed by atoms with van der Waals surface area (Å²) in [5.41, 5.74) is 4.60. The first-order chi connectivity index (χ1) is 13.4. The van der Waals surface area contributed by atoms with Crippen LogP contribution < -0.4 is 0 Å². The maximum Gasteiger partial charge on any atom is 0.0988 e. The molecule has 1 saturated heterocycles. The Morgan fingerprint density at radius 2 is 0.926 bits per heavy atom. The van der Waals surface area contributed by atoms with E-state index < -0.39 is 0 Å². The highest BCUT2D eigenvalue weighted by Gasteiger charge is 2.51. The van der Waals surface area contributed by atoms with Crippen molar-refractivity contribution in [1.82, 2.24) is 0 Å². The number of hydrogen-bond acceptors (Lipinski definition) is 1. The van der Waals surface area contributed by atoms with Crippen LogP contribution in [0.5, 0.6) is 0 Å². The second-order valence-electron chi connectivity index (χ2n) is 6.93. The highest BCUT2D eigenvalue weighted by Crippen LogP contribution is 2.56. The van der Waals surface area contributed by atoms with Crippen molar-refractivity contribution in [2.75, 3.05) is 0 Å². The Balaban J connectivity index is 1.53. The molecule has 0 aliphatic carbocycles. The summed E-state index contributed by atoms with van der Waals surface area (Å²) in [7, 11) is 0. The molecule has 1 heteroatoms. The van der Waals surface area contributed by atoms with Gasteiger partial charge in [0.2, 0.25) is 0 Å². The van der Waals surface area contributed by atoms with Crippen LogP contribution in [-0.2, 0) is 4.74 Å². The number of fused-ring (bicyclic) bond motifs is 5. The highest BCUT2D eigenvalue weighted by molar-refractivity contribution is 5.46. The molecule has 3 aromatic rings. The molecule has 0 amide bonds. The quantitative estimate of drug-likeness (QED) is 0.512. The Morgan fingerprint density at radius 3 is 1.37 bits per heavy atom. The molecule has 0 saturated carbocycles. The molecule has 2 aliphatic heterocycles. The van der Waals surface area contributed by atoms with Crippen LogP contribution in [0.4, 0.5) is 0 Å². The van der Waals surface area contributed by atoms with Crippen molar-refractivity contribution >= 4 is 0 Å². The molecule has 0 aromatic heterocycles. The third-order valence-corrected chi connectivity index (χ3v) is 5.26. The van der Waals surface area contributed by atoms with Gasteiger partial charge in [-0.25, -0.2) is 0 Å². The number of ether oxygens (including phenoxy) is 1. The third-order valence-electron chi connectivity index (χ3n) is 5.26. The Labute approximate surface area is 160 Å². The van der Waals surface area contributed by atoms with E-state index >= 15 is 0 Å². The maximum absolute atomic E-state index is 6.34. The van der Waals surface area contributed by atoms with Crippen molar-refractivity contribution in [2.45, 2.75) is 12.2 Å². The minimum atomic E-state index is 0.0116. The summed E-state index contributed by atoms with van der Waals surface area (Å²) in [6.45, 7) is 0. The van der Waals surface area contributed by atoms with E-state index in [0.717, 1.165) is 11.1 Å². The summed E-state index contributed by atoms with van der Waals surface area (Å²) >= 11 is 0. The fourth-order valence-electron chi connectivity index (χ4n) is 3.97. The zero-order valence-corrected chi connectivity index (χ0v) is 14.8. The van der Waals surface area contributed by atoms with Crippen molar-refractivity contribution in [1.29, 1.82) is 0 Å². The van der Waals surface area contributed by atoms with E-state index in [0.29, 0.717) is 0 Å². The van der Waals surface area contributed by atoms with Crippen LogP contribution in [-0.4, -0.2) is 0 Å². The minimum absolute atomic E-state index is 0.0116. The van der Waals surface area contributed by atoms with Crippen LogP contribution >= 0.6 is 0 Å². The van der Waals surface area contributed by atoms with E-state index in [2.05, 4.69) is 47.9 Å². The number of benzene rings is 3. The van der Waals surface area contributed by atoms with Crippen molar-refractivity contribution in [3.8, 4) is 23.7 Å². The van der Waals surface area contributed by atoms with Gasteiger partial charge in [-0.1, -0.05) is 84.3 Å². The summed E-state index contributed by atoms with van der Waals surface area (Å²) in [4.78, 5) is 0. The fraction of sp³-hybridized carbons (Fsp3) is 0.154. The van der Waals surface area contributed by atoms with Gasteiger partial charge in [0.15, 0.2) is 0 Å². The molecule has 0 radical (unpaired) electrons.